The summed E-state index contributed by atoms with van der Waals surface area (Å²) in [5, 5.41) is 10.1. The summed E-state index contributed by atoms with van der Waals surface area (Å²) in [5.41, 5.74) is 7.02. The second kappa shape index (κ2) is 3.17. The van der Waals surface area contributed by atoms with Crippen LogP contribution in [0.3, 0.4) is 0 Å². The van der Waals surface area contributed by atoms with Gasteiger partial charge in [0.1, 0.15) is 0 Å². The molecule has 0 saturated carbocycles. The van der Waals surface area contributed by atoms with Crippen LogP contribution in [0, 0.1) is 0 Å². The van der Waals surface area contributed by atoms with Crippen LogP contribution in [0.1, 0.15) is 10.4 Å². The summed E-state index contributed by atoms with van der Waals surface area (Å²) in [6, 6.07) is 2.97. The number of benzene rings is 1. The van der Waals surface area contributed by atoms with Crippen molar-refractivity contribution in [1.29, 1.82) is 0 Å². The summed E-state index contributed by atoms with van der Waals surface area (Å²) < 4.78 is 1.75. The number of rotatable bonds is 1. The molecule has 5 heteroatoms. The van der Waals surface area contributed by atoms with E-state index in [4.69, 9.17) is 22.4 Å². The molecular formula is C10H9ClN2O2. The first-order valence-corrected chi connectivity index (χ1v) is 4.66. The molecule has 4 nitrogen and oxygen atoms in total. The number of aromatic carboxylic acids is 1. The van der Waals surface area contributed by atoms with Crippen molar-refractivity contribution in [2.75, 3.05) is 5.73 Å². The zero-order chi connectivity index (χ0) is 11.2. The number of anilines is 1. The second-order valence-corrected chi connectivity index (χ2v) is 3.76. The van der Waals surface area contributed by atoms with E-state index in [-0.39, 0.29) is 5.56 Å². The van der Waals surface area contributed by atoms with E-state index in [2.05, 4.69) is 0 Å². The summed E-state index contributed by atoms with van der Waals surface area (Å²) in [7, 11) is 1.79. The molecule has 78 valence electrons. The molecule has 1 aromatic heterocycles. The second-order valence-electron chi connectivity index (χ2n) is 3.35. The average Bonchev–Trinajstić information content (AvgIpc) is 2.42. The standard InChI is InChI=1S/C10H9ClN2O2/c1-13-4-6(11)9-7(12)2-5(10(14)15)3-8(9)13/h2-4H,12H2,1H3,(H,14,15). The molecule has 0 amide bonds. The van der Waals surface area contributed by atoms with Crippen LogP contribution < -0.4 is 5.73 Å². The number of aryl methyl sites for hydroxylation is 1. The Morgan fingerprint density at radius 3 is 2.80 bits per heavy atom. The van der Waals surface area contributed by atoms with Gasteiger partial charge in [0.2, 0.25) is 0 Å². The van der Waals surface area contributed by atoms with Gasteiger partial charge in [-0.1, -0.05) is 11.6 Å². The Morgan fingerprint density at radius 1 is 1.53 bits per heavy atom. The zero-order valence-corrected chi connectivity index (χ0v) is 8.75. The van der Waals surface area contributed by atoms with Gasteiger partial charge in [-0.15, -0.1) is 0 Å². The average molecular weight is 225 g/mol. The highest BCUT2D eigenvalue weighted by atomic mass is 35.5. The van der Waals surface area contributed by atoms with Crippen LogP contribution in [0.25, 0.3) is 10.9 Å². The van der Waals surface area contributed by atoms with Crippen LogP contribution in [-0.4, -0.2) is 15.6 Å². The Labute approximate surface area is 90.9 Å². The number of fused-ring (bicyclic) bond motifs is 1. The third kappa shape index (κ3) is 1.43. The van der Waals surface area contributed by atoms with Crippen molar-refractivity contribution in [1.82, 2.24) is 4.57 Å². The number of carbonyl (C=O) groups is 1. The molecule has 3 N–H and O–H groups in total. The van der Waals surface area contributed by atoms with Crippen LogP contribution in [-0.2, 0) is 7.05 Å². The van der Waals surface area contributed by atoms with Gasteiger partial charge in [0.15, 0.2) is 0 Å². The van der Waals surface area contributed by atoms with Gasteiger partial charge in [0.05, 0.1) is 16.1 Å². The quantitative estimate of drug-likeness (QED) is 0.729. The van der Waals surface area contributed by atoms with Gasteiger partial charge >= 0.3 is 5.97 Å². The molecule has 1 aromatic carbocycles. The van der Waals surface area contributed by atoms with Crippen LogP contribution in [0.5, 0.6) is 0 Å². The molecule has 0 unspecified atom stereocenters. The summed E-state index contributed by atoms with van der Waals surface area (Å²) >= 11 is 5.97. The van der Waals surface area contributed by atoms with Crippen LogP contribution in [0.4, 0.5) is 5.69 Å². The Morgan fingerprint density at radius 2 is 2.20 bits per heavy atom. The fourth-order valence-electron chi connectivity index (χ4n) is 1.61. The van der Waals surface area contributed by atoms with E-state index in [1.165, 1.54) is 6.07 Å². The van der Waals surface area contributed by atoms with Crippen molar-refractivity contribution in [3.63, 3.8) is 0 Å². The van der Waals surface area contributed by atoms with Crippen molar-refractivity contribution in [2.24, 2.45) is 7.05 Å². The predicted molar refractivity (Wildman–Crippen MR) is 59.3 cm³/mol. The first kappa shape index (κ1) is 9.86. The fourth-order valence-corrected chi connectivity index (χ4v) is 1.97. The largest absolute Gasteiger partial charge is 0.478 e. The maximum absolute atomic E-state index is 10.8. The Bertz CT molecular complexity index is 560. The SMILES string of the molecule is Cn1cc(Cl)c2c(N)cc(C(=O)O)cc21. The summed E-state index contributed by atoms with van der Waals surface area (Å²) in [5.74, 6) is -0.999. The number of halogens is 1. The summed E-state index contributed by atoms with van der Waals surface area (Å²) in [6.45, 7) is 0. The molecule has 0 aliphatic heterocycles. The van der Waals surface area contributed by atoms with E-state index in [1.807, 2.05) is 0 Å². The molecule has 15 heavy (non-hydrogen) atoms. The monoisotopic (exact) mass is 224 g/mol. The van der Waals surface area contributed by atoms with Crippen molar-refractivity contribution >= 4 is 34.2 Å². The highest BCUT2D eigenvalue weighted by Gasteiger charge is 2.12. The van der Waals surface area contributed by atoms with E-state index in [0.29, 0.717) is 16.1 Å². The molecule has 1 heterocycles. The van der Waals surface area contributed by atoms with Crippen molar-refractivity contribution < 1.29 is 9.90 Å². The molecule has 2 aromatic rings. The Kier molecular flexibility index (Phi) is 2.08. The molecular weight excluding hydrogens is 216 g/mol. The number of carboxylic acids is 1. The van der Waals surface area contributed by atoms with Gasteiger partial charge in [0.25, 0.3) is 0 Å². The van der Waals surface area contributed by atoms with Gasteiger partial charge in [-0.2, -0.15) is 0 Å². The first-order valence-electron chi connectivity index (χ1n) is 4.28. The predicted octanol–water partition coefficient (Wildman–Crippen LogP) is 2.11. The lowest BCUT2D eigenvalue weighted by atomic mass is 10.1. The number of hydrogen-bond donors (Lipinski definition) is 2. The van der Waals surface area contributed by atoms with Gasteiger partial charge in [-0.3, -0.25) is 0 Å². The van der Waals surface area contributed by atoms with Crippen LogP contribution in [0.2, 0.25) is 5.02 Å². The number of hydrogen-bond acceptors (Lipinski definition) is 2. The number of nitrogens with two attached hydrogens (primary N) is 1. The first-order chi connectivity index (χ1) is 7.00. The normalized spacial score (nSPS) is 10.8. The van der Waals surface area contributed by atoms with E-state index >= 15 is 0 Å². The lowest BCUT2D eigenvalue weighted by molar-refractivity contribution is 0.0697. The number of carboxylic acid groups (broad SMARTS) is 1. The minimum absolute atomic E-state index is 0.165. The third-order valence-electron chi connectivity index (χ3n) is 2.32. The molecule has 0 bridgehead atoms. The van der Waals surface area contributed by atoms with Crippen molar-refractivity contribution in [2.45, 2.75) is 0 Å². The van der Waals surface area contributed by atoms with Crippen molar-refractivity contribution in [3.8, 4) is 0 Å². The van der Waals surface area contributed by atoms with E-state index in [9.17, 15) is 4.79 Å². The van der Waals surface area contributed by atoms with E-state index in [1.54, 1.807) is 23.9 Å². The van der Waals surface area contributed by atoms with Gasteiger partial charge in [-0.05, 0) is 12.1 Å². The molecule has 0 aliphatic carbocycles. The lowest BCUT2D eigenvalue weighted by Gasteiger charge is -2.02. The Hall–Kier alpha value is -1.68. The van der Waals surface area contributed by atoms with Crippen LogP contribution >= 0.6 is 11.6 Å². The van der Waals surface area contributed by atoms with E-state index in [0.717, 1.165) is 5.52 Å². The number of aromatic nitrogens is 1. The minimum Gasteiger partial charge on any atom is -0.478 e. The number of nitrogens with zero attached hydrogens (tertiary/aromatic N) is 1. The highest BCUT2D eigenvalue weighted by molar-refractivity contribution is 6.36. The maximum atomic E-state index is 10.8. The molecule has 0 aliphatic rings. The fraction of sp³-hybridized carbons (Fsp3) is 0.100. The summed E-state index contributed by atoms with van der Waals surface area (Å²) in [6.07, 6.45) is 1.70. The maximum Gasteiger partial charge on any atom is 0.335 e. The van der Waals surface area contributed by atoms with Gasteiger partial charge in [0, 0.05) is 24.3 Å². The highest BCUT2D eigenvalue weighted by Crippen LogP contribution is 2.31. The zero-order valence-electron chi connectivity index (χ0n) is 7.99. The Balaban J connectivity index is 2.87. The minimum atomic E-state index is -0.999. The molecule has 0 atom stereocenters. The summed E-state index contributed by atoms with van der Waals surface area (Å²) in [4.78, 5) is 10.8. The van der Waals surface area contributed by atoms with Gasteiger partial charge < -0.3 is 15.4 Å². The molecule has 2 rings (SSSR count). The molecule has 0 fully saturated rings. The van der Waals surface area contributed by atoms with E-state index < -0.39 is 5.97 Å². The smallest absolute Gasteiger partial charge is 0.335 e. The third-order valence-corrected chi connectivity index (χ3v) is 2.61. The topological polar surface area (TPSA) is 68.2 Å². The van der Waals surface area contributed by atoms with Gasteiger partial charge in [-0.25, -0.2) is 4.79 Å². The molecule has 0 radical (unpaired) electrons. The molecule has 0 spiro atoms. The van der Waals surface area contributed by atoms with Crippen molar-refractivity contribution in [3.05, 3.63) is 28.9 Å². The number of nitrogen functional groups attached to an aromatic ring is 1. The molecule has 0 saturated heterocycles. The van der Waals surface area contributed by atoms with Crippen LogP contribution in [0.15, 0.2) is 18.3 Å². The lowest BCUT2D eigenvalue weighted by Crippen LogP contribution is -1.99.